The Morgan fingerprint density at radius 1 is 0.975 bits per heavy atom. The van der Waals surface area contributed by atoms with E-state index in [2.05, 4.69) is 15.6 Å². The van der Waals surface area contributed by atoms with Crippen molar-refractivity contribution in [2.75, 3.05) is 31.1 Å². The van der Waals surface area contributed by atoms with Crippen LogP contribution >= 0.6 is 0 Å². The van der Waals surface area contributed by atoms with Crippen LogP contribution in [0, 0.1) is 6.92 Å². The fourth-order valence-electron chi connectivity index (χ4n) is 4.34. The van der Waals surface area contributed by atoms with Gasteiger partial charge in [0.05, 0.1) is 6.54 Å². The molecule has 1 unspecified atom stereocenters. The SMILES string of the molecule is Cc1cn(CC(NC(=O)OCc2ccccc2)C(=O)O)c(=O)nc1N1CCN(C(=O)NCc2ccccc2)CC1. The van der Waals surface area contributed by atoms with E-state index in [1.54, 1.807) is 36.1 Å². The van der Waals surface area contributed by atoms with Crippen molar-refractivity contribution in [3.63, 3.8) is 0 Å². The third kappa shape index (κ3) is 7.59. The fourth-order valence-corrected chi connectivity index (χ4v) is 4.34. The minimum absolute atomic E-state index is 0.0176. The van der Waals surface area contributed by atoms with Gasteiger partial charge in [0.2, 0.25) is 0 Å². The van der Waals surface area contributed by atoms with Crippen molar-refractivity contribution >= 4 is 23.9 Å². The number of hydrogen-bond donors (Lipinski definition) is 3. The minimum Gasteiger partial charge on any atom is -0.480 e. The lowest BCUT2D eigenvalue weighted by Crippen LogP contribution is -2.52. The molecule has 1 saturated heterocycles. The predicted molar refractivity (Wildman–Crippen MR) is 147 cm³/mol. The predicted octanol–water partition coefficient (Wildman–Crippen LogP) is 1.96. The molecule has 3 N–H and O–H groups in total. The van der Waals surface area contributed by atoms with Gasteiger partial charge in [-0.2, -0.15) is 4.98 Å². The van der Waals surface area contributed by atoms with Crippen LogP contribution in [0.4, 0.5) is 15.4 Å². The number of aliphatic carboxylic acids is 1. The number of aromatic nitrogens is 2. The van der Waals surface area contributed by atoms with Crippen LogP contribution in [0.15, 0.2) is 71.7 Å². The average Bonchev–Trinajstić information content (AvgIpc) is 2.97. The molecule has 1 aliphatic rings. The van der Waals surface area contributed by atoms with Crippen LogP contribution in [0.5, 0.6) is 0 Å². The number of alkyl carbamates (subject to hydrolysis) is 1. The summed E-state index contributed by atoms with van der Waals surface area (Å²) < 4.78 is 6.26. The third-order valence-electron chi connectivity index (χ3n) is 6.48. The van der Waals surface area contributed by atoms with Crippen molar-refractivity contribution < 1.29 is 24.2 Å². The normalized spacial score (nSPS) is 13.8. The van der Waals surface area contributed by atoms with E-state index in [0.29, 0.717) is 44.1 Å². The maximum absolute atomic E-state index is 12.8. The highest BCUT2D eigenvalue weighted by Crippen LogP contribution is 2.17. The summed E-state index contributed by atoms with van der Waals surface area (Å²) in [6, 6.07) is 17.1. The smallest absolute Gasteiger partial charge is 0.408 e. The fraction of sp³-hybridized carbons (Fsp3) is 0.321. The molecule has 1 fully saturated rings. The zero-order valence-electron chi connectivity index (χ0n) is 22.2. The van der Waals surface area contributed by atoms with Gasteiger partial charge in [0.15, 0.2) is 0 Å². The van der Waals surface area contributed by atoms with Crippen molar-refractivity contribution in [2.24, 2.45) is 0 Å². The van der Waals surface area contributed by atoms with Crippen LogP contribution in [0.25, 0.3) is 0 Å². The topological polar surface area (TPSA) is 146 Å². The summed E-state index contributed by atoms with van der Waals surface area (Å²) in [4.78, 5) is 57.2. The first-order chi connectivity index (χ1) is 19.3. The molecule has 1 atom stereocenters. The number of carboxylic acid groups (broad SMARTS) is 1. The monoisotopic (exact) mass is 548 g/mol. The second-order valence-corrected chi connectivity index (χ2v) is 9.40. The van der Waals surface area contributed by atoms with E-state index in [1.807, 2.05) is 41.3 Å². The molecule has 3 aromatic rings. The Bertz CT molecular complexity index is 1370. The van der Waals surface area contributed by atoms with Crippen LogP contribution in [0.1, 0.15) is 16.7 Å². The van der Waals surface area contributed by atoms with Crippen molar-refractivity contribution in [3.05, 3.63) is 94.0 Å². The van der Waals surface area contributed by atoms with Crippen LogP contribution in [-0.2, 0) is 29.2 Å². The van der Waals surface area contributed by atoms with Gasteiger partial charge < -0.3 is 30.3 Å². The molecule has 3 amide bonds. The number of nitrogens with one attached hydrogen (secondary N) is 2. The van der Waals surface area contributed by atoms with Gasteiger partial charge in [-0.3, -0.25) is 4.57 Å². The molecule has 0 saturated carbocycles. The number of ether oxygens (including phenoxy) is 1. The lowest BCUT2D eigenvalue weighted by Gasteiger charge is -2.36. The molecular weight excluding hydrogens is 516 g/mol. The number of urea groups is 1. The van der Waals surface area contributed by atoms with Gasteiger partial charge in [-0.1, -0.05) is 60.7 Å². The van der Waals surface area contributed by atoms with E-state index < -0.39 is 23.8 Å². The van der Waals surface area contributed by atoms with Crippen LogP contribution in [0.3, 0.4) is 0 Å². The van der Waals surface area contributed by atoms with E-state index in [-0.39, 0.29) is 19.2 Å². The zero-order valence-corrected chi connectivity index (χ0v) is 22.2. The summed E-state index contributed by atoms with van der Waals surface area (Å²) in [5.74, 6) is -0.834. The van der Waals surface area contributed by atoms with Gasteiger partial charge in [0.25, 0.3) is 0 Å². The third-order valence-corrected chi connectivity index (χ3v) is 6.48. The van der Waals surface area contributed by atoms with E-state index in [9.17, 15) is 24.3 Å². The Hall–Kier alpha value is -4.87. The number of carboxylic acids is 1. The van der Waals surface area contributed by atoms with Gasteiger partial charge in [-0.15, -0.1) is 0 Å². The van der Waals surface area contributed by atoms with Crippen molar-refractivity contribution in [3.8, 4) is 0 Å². The highest BCUT2D eigenvalue weighted by molar-refractivity contribution is 5.79. The average molecular weight is 549 g/mol. The minimum atomic E-state index is -1.40. The Morgan fingerprint density at radius 2 is 1.60 bits per heavy atom. The Labute approximate surface area is 231 Å². The van der Waals surface area contributed by atoms with E-state index >= 15 is 0 Å². The summed E-state index contributed by atoms with van der Waals surface area (Å²) in [5, 5.41) is 14.8. The summed E-state index contributed by atoms with van der Waals surface area (Å²) in [7, 11) is 0. The van der Waals surface area contributed by atoms with Crippen molar-refractivity contribution in [1.82, 2.24) is 25.1 Å². The molecule has 4 rings (SSSR count). The molecule has 0 bridgehead atoms. The number of benzene rings is 2. The first-order valence-electron chi connectivity index (χ1n) is 12.9. The van der Waals surface area contributed by atoms with Gasteiger partial charge in [-0.05, 0) is 18.1 Å². The summed E-state index contributed by atoms with van der Waals surface area (Å²) in [5.41, 5.74) is 1.79. The van der Waals surface area contributed by atoms with Gasteiger partial charge >= 0.3 is 23.8 Å². The number of nitrogens with zero attached hydrogens (tertiary/aromatic N) is 4. The Kier molecular flexibility index (Phi) is 9.34. The Morgan fingerprint density at radius 3 is 2.23 bits per heavy atom. The number of carbonyl (C=O) groups excluding carboxylic acids is 2. The first kappa shape index (κ1) is 28.1. The van der Waals surface area contributed by atoms with E-state index in [0.717, 1.165) is 15.7 Å². The molecule has 210 valence electrons. The van der Waals surface area contributed by atoms with Crippen molar-refractivity contribution in [2.45, 2.75) is 32.7 Å². The number of anilines is 1. The molecule has 1 aromatic heterocycles. The summed E-state index contributed by atoms with van der Waals surface area (Å²) in [6.07, 6.45) is 0.618. The molecule has 0 spiro atoms. The van der Waals surface area contributed by atoms with E-state index in [1.165, 1.54) is 6.20 Å². The first-order valence-corrected chi connectivity index (χ1v) is 12.9. The summed E-state index contributed by atoms with van der Waals surface area (Å²) in [6.45, 7) is 3.77. The number of rotatable bonds is 9. The van der Waals surface area contributed by atoms with Crippen LogP contribution in [-0.4, -0.2) is 69.9 Å². The van der Waals surface area contributed by atoms with E-state index in [4.69, 9.17) is 4.74 Å². The second-order valence-electron chi connectivity index (χ2n) is 9.40. The molecule has 2 aromatic carbocycles. The number of hydrogen-bond acceptors (Lipinski definition) is 7. The number of aryl methyl sites for hydroxylation is 1. The lowest BCUT2D eigenvalue weighted by atomic mass is 10.2. The maximum atomic E-state index is 12.8. The number of carbonyl (C=O) groups is 3. The van der Waals surface area contributed by atoms with Gasteiger partial charge in [0, 0.05) is 44.5 Å². The maximum Gasteiger partial charge on any atom is 0.408 e. The standard InChI is InChI=1S/C28H32N6O6/c1-20-17-34(18-23(25(35)36)30-28(39)40-19-22-10-6-3-7-11-22)27(38)31-24(20)32-12-14-33(15-13-32)26(37)29-16-21-8-4-2-5-9-21/h2-11,17,23H,12-16,18-19H2,1H3,(H,29,37)(H,30,39)(H,35,36). The van der Waals surface area contributed by atoms with Crippen LogP contribution in [0.2, 0.25) is 0 Å². The quantitative estimate of drug-likeness (QED) is 0.368. The molecule has 40 heavy (non-hydrogen) atoms. The van der Waals surface area contributed by atoms with Gasteiger partial charge in [0.1, 0.15) is 18.5 Å². The second kappa shape index (κ2) is 13.3. The summed E-state index contributed by atoms with van der Waals surface area (Å²) >= 11 is 0. The van der Waals surface area contributed by atoms with Crippen LogP contribution < -0.4 is 21.2 Å². The molecule has 12 heteroatoms. The zero-order chi connectivity index (χ0) is 28.5. The molecule has 2 heterocycles. The molecule has 0 radical (unpaired) electrons. The molecular formula is C28H32N6O6. The molecule has 1 aliphatic heterocycles. The molecule has 12 nitrogen and oxygen atoms in total. The number of amides is 3. The lowest BCUT2D eigenvalue weighted by molar-refractivity contribution is -0.139. The van der Waals surface area contributed by atoms with Crippen molar-refractivity contribution in [1.29, 1.82) is 0 Å². The highest BCUT2D eigenvalue weighted by atomic mass is 16.5. The Balaban J connectivity index is 1.31. The highest BCUT2D eigenvalue weighted by Gasteiger charge is 2.25. The number of piperazine rings is 1. The largest absolute Gasteiger partial charge is 0.480 e. The molecule has 0 aliphatic carbocycles. The van der Waals surface area contributed by atoms with Gasteiger partial charge in [-0.25, -0.2) is 19.2 Å².